The van der Waals surface area contributed by atoms with Crippen molar-refractivity contribution in [2.24, 2.45) is 0 Å². The van der Waals surface area contributed by atoms with Gasteiger partial charge < -0.3 is 19.7 Å². The molecule has 1 aromatic heterocycles. The molecule has 0 fully saturated rings. The zero-order chi connectivity index (χ0) is 23.8. The van der Waals surface area contributed by atoms with E-state index >= 15 is 0 Å². The summed E-state index contributed by atoms with van der Waals surface area (Å²) >= 11 is 0. The van der Waals surface area contributed by atoms with E-state index in [1.54, 1.807) is 41.5 Å². The van der Waals surface area contributed by atoms with E-state index < -0.39 is 23.4 Å². The molecule has 2 N–H and O–H groups in total. The van der Waals surface area contributed by atoms with E-state index in [0.717, 1.165) is 5.56 Å². The van der Waals surface area contributed by atoms with Crippen LogP contribution in [0.15, 0.2) is 30.3 Å². The molecule has 0 atom stereocenters. The lowest BCUT2D eigenvalue weighted by molar-refractivity contribution is 0.0543. The normalized spacial score (nSPS) is 14.2. The molecule has 2 heterocycles. The fraction of sp³-hybridized carbons (Fsp3) is 0.478. The van der Waals surface area contributed by atoms with Crippen molar-refractivity contribution in [2.75, 3.05) is 22.9 Å². The van der Waals surface area contributed by atoms with Gasteiger partial charge in [-0.05, 0) is 47.1 Å². The molecule has 0 unspecified atom stereocenters. The van der Waals surface area contributed by atoms with Crippen LogP contribution in [-0.4, -0.2) is 51.3 Å². The number of fused-ring (bicyclic) bond motifs is 1. The Morgan fingerprint density at radius 3 is 1.59 bits per heavy atom. The first kappa shape index (κ1) is 23.3. The lowest BCUT2D eigenvalue weighted by Gasteiger charge is -2.35. The van der Waals surface area contributed by atoms with Gasteiger partial charge in [-0.15, -0.1) is 0 Å². The lowest BCUT2D eigenvalue weighted by atomic mass is 10.2. The quantitative estimate of drug-likeness (QED) is 0.708. The predicted molar refractivity (Wildman–Crippen MR) is 120 cm³/mol. The lowest BCUT2D eigenvalue weighted by Crippen LogP contribution is -2.48. The van der Waals surface area contributed by atoms with Crippen LogP contribution >= 0.6 is 0 Å². The SMILES string of the molecule is CC(C)(C)OC(=O)N1CCN(C(=O)OC(C)(C)C)c2c1c(O)n(Cc1ccccc1)c2O. The number of hydrogen-bond acceptors (Lipinski definition) is 6. The number of rotatable bonds is 2. The number of carbonyl (C=O) groups excluding carboxylic acids is 2. The maximum atomic E-state index is 12.9. The second-order valence-electron chi connectivity index (χ2n) is 9.68. The number of hydrogen-bond donors (Lipinski definition) is 2. The van der Waals surface area contributed by atoms with E-state index in [1.807, 2.05) is 30.3 Å². The van der Waals surface area contributed by atoms with Crippen LogP contribution in [0.25, 0.3) is 0 Å². The number of nitrogens with zero attached hydrogens (tertiary/aromatic N) is 3. The minimum Gasteiger partial charge on any atom is -0.493 e. The highest BCUT2D eigenvalue weighted by atomic mass is 16.6. The van der Waals surface area contributed by atoms with Gasteiger partial charge in [0.05, 0.1) is 6.54 Å². The number of benzene rings is 1. The van der Waals surface area contributed by atoms with E-state index in [1.165, 1.54) is 14.4 Å². The molecular weight excluding hydrogens is 414 g/mol. The van der Waals surface area contributed by atoms with E-state index in [2.05, 4.69) is 0 Å². The zero-order valence-electron chi connectivity index (χ0n) is 19.4. The van der Waals surface area contributed by atoms with Gasteiger partial charge in [-0.1, -0.05) is 30.3 Å². The minimum absolute atomic E-state index is 0.00444. The number of aromatic hydroxyl groups is 2. The van der Waals surface area contributed by atoms with E-state index in [9.17, 15) is 19.8 Å². The highest BCUT2D eigenvalue weighted by molar-refractivity contribution is 6.04. The summed E-state index contributed by atoms with van der Waals surface area (Å²) in [6.45, 7) is 10.7. The first-order valence-corrected chi connectivity index (χ1v) is 10.5. The van der Waals surface area contributed by atoms with Crippen LogP contribution in [0.1, 0.15) is 47.1 Å². The summed E-state index contributed by atoms with van der Waals surface area (Å²) in [5, 5.41) is 22.1. The largest absolute Gasteiger partial charge is 0.493 e. The maximum Gasteiger partial charge on any atom is 0.415 e. The summed E-state index contributed by atoms with van der Waals surface area (Å²) in [4.78, 5) is 28.2. The van der Waals surface area contributed by atoms with E-state index in [4.69, 9.17) is 9.47 Å². The van der Waals surface area contributed by atoms with Gasteiger partial charge >= 0.3 is 12.2 Å². The predicted octanol–water partition coefficient (Wildman–Crippen LogP) is 4.44. The first-order chi connectivity index (χ1) is 14.8. The second kappa shape index (κ2) is 8.29. The molecule has 0 radical (unpaired) electrons. The third kappa shape index (κ3) is 4.92. The van der Waals surface area contributed by atoms with Crippen LogP contribution in [0.2, 0.25) is 0 Å². The van der Waals surface area contributed by atoms with Crippen molar-refractivity contribution in [3.8, 4) is 11.8 Å². The first-order valence-electron chi connectivity index (χ1n) is 10.5. The van der Waals surface area contributed by atoms with Gasteiger partial charge in [0.2, 0.25) is 11.8 Å². The highest BCUT2D eigenvalue weighted by Crippen LogP contribution is 2.50. The molecule has 174 valence electrons. The smallest absolute Gasteiger partial charge is 0.415 e. The maximum absolute atomic E-state index is 12.9. The average molecular weight is 446 g/mol. The number of ether oxygens (including phenoxy) is 2. The van der Waals surface area contributed by atoms with Gasteiger partial charge in [0.25, 0.3) is 0 Å². The Morgan fingerprint density at radius 2 is 1.22 bits per heavy atom. The molecule has 0 saturated heterocycles. The van der Waals surface area contributed by atoms with Crippen molar-refractivity contribution >= 4 is 23.6 Å². The van der Waals surface area contributed by atoms with Crippen molar-refractivity contribution in [3.63, 3.8) is 0 Å². The monoisotopic (exact) mass is 445 g/mol. The average Bonchev–Trinajstić information content (AvgIpc) is 2.91. The summed E-state index contributed by atoms with van der Waals surface area (Å²) in [5.74, 6) is -0.694. The van der Waals surface area contributed by atoms with Crippen LogP contribution in [0, 0.1) is 0 Å². The Labute approximate surface area is 187 Å². The standard InChI is InChI=1S/C23H31N3O6/c1-22(2,3)31-20(29)24-12-13-25(21(30)32-23(4,5)6)17-16(24)18(27)26(19(17)28)14-15-10-8-7-9-11-15/h7-11,27-28H,12-14H2,1-6H3. The van der Waals surface area contributed by atoms with Crippen LogP contribution in [0.4, 0.5) is 21.0 Å². The molecular formula is C23H31N3O6. The van der Waals surface area contributed by atoms with Crippen LogP contribution in [-0.2, 0) is 16.0 Å². The van der Waals surface area contributed by atoms with Crippen LogP contribution in [0.3, 0.4) is 0 Å². The van der Waals surface area contributed by atoms with Crippen molar-refractivity contribution < 1.29 is 29.3 Å². The second-order valence-corrected chi connectivity index (χ2v) is 9.68. The Kier molecular flexibility index (Phi) is 6.04. The number of amides is 2. The number of anilines is 2. The fourth-order valence-corrected chi connectivity index (χ4v) is 3.40. The number of carbonyl (C=O) groups is 2. The van der Waals surface area contributed by atoms with Gasteiger partial charge in [0.1, 0.15) is 22.6 Å². The Bertz CT molecular complexity index is 942. The molecule has 9 nitrogen and oxygen atoms in total. The van der Waals surface area contributed by atoms with Gasteiger partial charge in [-0.3, -0.25) is 14.4 Å². The molecule has 32 heavy (non-hydrogen) atoms. The summed E-state index contributed by atoms with van der Waals surface area (Å²) in [5.41, 5.74) is -0.694. The number of aromatic nitrogens is 1. The third-order valence-electron chi connectivity index (χ3n) is 4.66. The fourth-order valence-electron chi connectivity index (χ4n) is 3.40. The van der Waals surface area contributed by atoms with Crippen molar-refractivity contribution in [3.05, 3.63) is 35.9 Å². The molecule has 9 heteroatoms. The van der Waals surface area contributed by atoms with Gasteiger partial charge in [-0.25, -0.2) is 9.59 Å². The molecule has 0 bridgehead atoms. The molecule has 0 saturated carbocycles. The topological polar surface area (TPSA) is 104 Å². The third-order valence-corrected chi connectivity index (χ3v) is 4.66. The van der Waals surface area contributed by atoms with Crippen molar-refractivity contribution in [2.45, 2.75) is 59.3 Å². The van der Waals surface area contributed by atoms with Crippen LogP contribution < -0.4 is 9.80 Å². The van der Waals surface area contributed by atoms with Gasteiger partial charge in [-0.2, -0.15) is 0 Å². The zero-order valence-corrected chi connectivity index (χ0v) is 19.4. The minimum atomic E-state index is -0.760. The summed E-state index contributed by atoms with van der Waals surface area (Å²) in [6, 6.07) is 9.22. The van der Waals surface area contributed by atoms with Crippen LogP contribution in [0.5, 0.6) is 11.8 Å². The molecule has 0 spiro atoms. The van der Waals surface area contributed by atoms with Crippen molar-refractivity contribution in [1.82, 2.24) is 4.57 Å². The van der Waals surface area contributed by atoms with E-state index in [0.29, 0.717) is 0 Å². The summed E-state index contributed by atoms with van der Waals surface area (Å²) < 4.78 is 12.2. The Hall–Kier alpha value is -3.36. The molecule has 1 aliphatic heterocycles. The molecule has 2 amide bonds. The summed E-state index contributed by atoms with van der Waals surface area (Å²) in [7, 11) is 0. The molecule has 2 aromatic rings. The highest BCUT2D eigenvalue weighted by Gasteiger charge is 2.41. The molecule has 1 aliphatic rings. The molecule has 3 rings (SSSR count). The Balaban J connectivity index is 2.09. The Morgan fingerprint density at radius 1 is 0.812 bits per heavy atom. The van der Waals surface area contributed by atoms with Crippen molar-refractivity contribution in [1.29, 1.82) is 0 Å². The summed E-state index contributed by atoms with van der Waals surface area (Å²) in [6.07, 6.45) is -1.37. The van der Waals surface area contributed by atoms with E-state index in [-0.39, 0.29) is 42.8 Å². The molecule has 1 aromatic carbocycles. The van der Waals surface area contributed by atoms with Gasteiger partial charge in [0.15, 0.2) is 0 Å². The van der Waals surface area contributed by atoms with Gasteiger partial charge in [0, 0.05) is 13.1 Å². The molecule has 0 aliphatic carbocycles.